The van der Waals surface area contributed by atoms with E-state index in [9.17, 15) is 4.79 Å². The second-order valence-electron chi connectivity index (χ2n) is 5.62. The van der Waals surface area contributed by atoms with Crippen LogP contribution in [0.25, 0.3) is 0 Å². The number of carbonyl (C=O) groups excluding carboxylic acids is 1. The van der Waals surface area contributed by atoms with Gasteiger partial charge in [-0.3, -0.25) is 0 Å². The molecule has 0 saturated heterocycles. The first kappa shape index (κ1) is 14.9. The lowest BCUT2D eigenvalue weighted by molar-refractivity contribution is -0.142. The lowest BCUT2D eigenvalue weighted by atomic mass is 10.1. The Kier molecular flexibility index (Phi) is 4.65. The summed E-state index contributed by atoms with van der Waals surface area (Å²) in [7, 11) is 1.36. The predicted octanol–water partition coefficient (Wildman–Crippen LogP) is 2.35. The Morgan fingerprint density at radius 3 is 2.45 bits per heavy atom. The minimum absolute atomic E-state index is 0.0463. The van der Waals surface area contributed by atoms with E-state index in [-0.39, 0.29) is 12.6 Å². The fourth-order valence-corrected chi connectivity index (χ4v) is 2.42. The minimum atomic E-state index is -0.364. The average Bonchev–Trinajstić information content (AvgIpc) is 3.11. The number of carbonyl (C=O) groups is 1. The molecule has 0 spiro atoms. The van der Waals surface area contributed by atoms with E-state index < -0.39 is 0 Å². The number of hydrogen-bond acceptors (Lipinski definition) is 4. The topological polar surface area (TPSA) is 47.6 Å². The minimum Gasteiger partial charge on any atom is -0.481 e. The van der Waals surface area contributed by atoms with Crippen molar-refractivity contribution in [2.45, 2.75) is 39.8 Å². The van der Waals surface area contributed by atoms with E-state index in [0.29, 0.717) is 6.04 Å². The lowest BCUT2D eigenvalue weighted by Crippen LogP contribution is -2.17. The van der Waals surface area contributed by atoms with Gasteiger partial charge in [0, 0.05) is 12.6 Å². The normalized spacial score (nSPS) is 20.6. The fraction of sp³-hybridized carbons (Fsp3) is 0.562. The Morgan fingerprint density at radius 2 is 1.95 bits per heavy atom. The van der Waals surface area contributed by atoms with Gasteiger partial charge in [0.2, 0.25) is 0 Å². The third kappa shape index (κ3) is 3.73. The number of esters is 1. The maximum Gasteiger partial charge on any atom is 0.343 e. The molecule has 4 nitrogen and oxygen atoms in total. The monoisotopic (exact) mass is 277 g/mol. The van der Waals surface area contributed by atoms with Crippen LogP contribution >= 0.6 is 0 Å². The predicted molar refractivity (Wildman–Crippen MR) is 77.8 cm³/mol. The van der Waals surface area contributed by atoms with Crippen LogP contribution in [0, 0.1) is 19.8 Å². The molecule has 0 radical (unpaired) electrons. The molecule has 1 N–H and O–H groups in total. The Bertz CT molecular complexity index is 475. The highest BCUT2D eigenvalue weighted by molar-refractivity contribution is 5.71. The fourth-order valence-electron chi connectivity index (χ4n) is 2.42. The average molecular weight is 277 g/mol. The molecule has 0 amide bonds. The third-order valence-corrected chi connectivity index (χ3v) is 3.76. The summed E-state index contributed by atoms with van der Waals surface area (Å²) in [5, 5.41) is 3.54. The van der Waals surface area contributed by atoms with Crippen LogP contribution in [-0.2, 0) is 16.1 Å². The number of rotatable bonds is 6. The molecule has 1 fully saturated rings. The van der Waals surface area contributed by atoms with E-state index in [4.69, 9.17) is 4.74 Å². The van der Waals surface area contributed by atoms with Crippen LogP contribution in [0.2, 0.25) is 0 Å². The molecule has 2 atom stereocenters. The van der Waals surface area contributed by atoms with Gasteiger partial charge in [0.25, 0.3) is 0 Å². The molecule has 1 aromatic rings. The number of aryl methyl sites for hydroxylation is 2. The maximum atomic E-state index is 11.1. The Labute approximate surface area is 120 Å². The number of methoxy groups -OCH3 is 1. The summed E-state index contributed by atoms with van der Waals surface area (Å²) in [4.78, 5) is 11.1. The molecule has 0 heterocycles. The van der Waals surface area contributed by atoms with Gasteiger partial charge >= 0.3 is 5.97 Å². The molecule has 20 heavy (non-hydrogen) atoms. The SMILES string of the molecule is COC(=O)COc1c(C)cc(CNC2CC2C)cc1C. The summed E-state index contributed by atoms with van der Waals surface area (Å²) in [6.07, 6.45) is 1.28. The summed E-state index contributed by atoms with van der Waals surface area (Å²) in [6.45, 7) is 7.10. The van der Waals surface area contributed by atoms with Crippen molar-refractivity contribution < 1.29 is 14.3 Å². The summed E-state index contributed by atoms with van der Waals surface area (Å²) in [5.74, 6) is 1.22. The summed E-state index contributed by atoms with van der Waals surface area (Å²) >= 11 is 0. The molecule has 2 unspecified atom stereocenters. The van der Waals surface area contributed by atoms with Gasteiger partial charge in [0.05, 0.1) is 7.11 Å². The third-order valence-electron chi connectivity index (χ3n) is 3.76. The van der Waals surface area contributed by atoms with Gasteiger partial charge in [0.15, 0.2) is 6.61 Å². The van der Waals surface area contributed by atoms with Crippen LogP contribution in [0.1, 0.15) is 30.0 Å². The molecule has 1 saturated carbocycles. The zero-order chi connectivity index (χ0) is 14.7. The smallest absolute Gasteiger partial charge is 0.343 e. The van der Waals surface area contributed by atoms with Crippen molar-refractivity contribution in [2.75, 3.05) is 13.7 Å². The van der Waals surface area contributed by atoms with Gasteiger partial charge in [-0.05, 0) is 42.9 Å². The first-order valence-electron chi connectivity index (χ1n) is 7.04. The van der Waals surface area contributed by atoms with Crippen LogP contribution in [0.3, 0.4) is 0 Å². The maximum absolute atomic E-state index is 11.1. The molecule has 0 aliphatic heterocycles. The zero-order valence-corrected chi connectivity index (χ0v) is 12.7. The molecular formula is C16H23NO3. The van der Waals surface area contributed by atoms with Crippen LogP contribution in [0.15, 0.2) is 12.1 Å². The number of nitrogens with one attached hydrogen (secondary N) is 1. The van der Waals surface area contributed by atoms with Crippen LogP contribution in [-0.4, -0.2) is 25.7 Å². The van der Waals surface area contributed by atoms with E-state index in [1.165, 1.54) is 19.1 Å². The Balaban J connectivity index is 1.98. The number of benzene rings is 1. The number of hydrogen-bond donors (Lipinski definition) is 1. The van der Waals surface area contributed by atoms with E-state index in [1.807, 2.05) is 13.8 Å². The molecular weight excluding hydrogens is 254 g/mol. The van der Waals surface area contributed by atoms with Crippen LogP contribution in [0.4, 0.5) is 0 Å². The quantitative estimate of drug-likeness (QED) is 0.811. The molecule has 0 bridgehead atoms. The lowest BCUT2D eigenvalue weighted by Gasteiger charge is -2.14. The van der Waals surface area contributed by atoms with Gasteiger partial charge in [0.1, 0.15) is 5.75 Å². The van der Waals surface area contributed by atoms with Crippen molar-refractivity contribution in [1.29, 1.82) is 0 Å². The highest BCUT2D eigenvalue weighted by Gasteiger charge is 2.31. The second kappa shape index (κ2) is 6.27. The van der Waals surface area contributed by atoms with Gasteiger partial charge in [-0.1, -0.05) is 19.1 Å². The number of ether oxygens (including phenoxy) is 2. The molecule has 1 aliphatic carbocycles. The second-order valence-corrected chi connectivity index (χ2v) is 5.62. The molecule has 1 aromatic carbocycles. The standard InChI is InChI=1S/C16H23NO3/c1-10-7-14(10)17-8-13-5-11(2)16(12(3)6-13)20-9-15(18)19-4/h5-6,10,14,17H,7-9H2,1-4H3. The first-order chi connectivity index (χ1) is 9.51. The van der Waals surface area contributed by atoms with Gasteiger partial charge < -0.3 is 14.8 Å². The van der Waals surface area contributed by atoms with E-state index >= 15 is 0 Å². The van der Waals surface area contributed by atoms with Crippen molar-refractivity contribution in [3.8, 4) is 5.75 Å². The summed E-state index contributed by atoms with van der Waals surface area (Å²) < 4.78 is 10.1. The van der Waals surface area contributed by atoms with Crippen molar-refractivity contribution in [1.82, 2.24) is 5.32 Å². The molecule has 4 heteroatoms. The van der Waals surface area contributed by atoms with E-state index in [2.05, 4.69) is 29.1 Å². The van der Waals surface area contributed by atoms with Gasteiger partial charge in [-0.25, -0.2) is 4.79 Å². The zero-order valence-electron chi connectivity index (χ0n) is 12.7. The molecule has 1 aliphatic rings. The van der Waals surface area contributed by atoms with Crippen molar-refractivity contribution in [3.05, 3.63) is 28.8 Å². The van der Waals surface area contributed by atoms with Crippen molar-refractivity contribution >= 4 is 5.97 Å². The molecule has 110 valence electrons. The Morgan fingerprint density at radius 1 is 1.35 bits per heavy atom. The van der Waals surface area contributed by atoms with E-state index in [1.54, 1.807) is 0 Å². The van der Waals surface area contributed by atoms with E-state index in [0.717, 1.165) is 29.3 Å². The van der Waals surface area contributed by atoms with Crippen molar-refractivity contribution in [2.24, 2.45) is 5.92 Å². The molecule has 2 rings (SSSR count). The van der Waals surface area contributed by atoms with Crippen LogP contribution in [0.5, 0.6) is 5.75 Å². The summed E-state index contributed by atoms with van der Waals surface area (Å²) in [5.41, 5.74) is 3.36. The van der Waals surface area contributed by atoms with Gasteiger partial charge in [-0.15, -0.1) is 0 Å². The first-order valence-corrected chi connectivity index (χ1v) is 7.04. The summed E-state index contributed by atoms with van der Waals surface area (Å²) in [6, 6.07) is 4.89. The molecule has 0 aromatic heterocycles. The highest BCUT2D eigenvalue weighted by atomic mass is 16.6. The van der Waals surface area contributed by atoms with Gasteiger partial charge in [-0.2, -0.15) is 0 Å². The highest BCUT2D eigenvalue weighted by Crippen LogP contribution is 2.30. The largest absolute Gasteiger partial charge is 0.481 e. The Hall–Kier alpha value is -1.55. The van der Waals surface area contributed by atoms with Crippen molar-refractivity contribution in [3.63, 3.8) is 0 Å². The van der Waals surface area contributed by atoms with Crippen LogP contribution < -0.4 is 10.1 Å².